The SMILES string of the molecule is O=S(=O)(Nc1cc(Cl)c2ccc(/C=C/c3ccc(Br)cc3)nc2c1O)c1ccc(Cl)cc1. The van der Waals surface area contributed by atoms with E-state index < -0.39 is 10.0 Å². The van der Waals surface area contributed by atoms with E-state index in [2.05, 4.69) is 25.6 Å². The van der Waals surface area contributed by atoms with Crippen LogP contribution in [0.4, 0.5) is 5.69 Å². The van der Waals surface area contributed by atoms with Gasteiger partial charge in [-0.15, -0.1) is 0 Å². The predicted octanol–water partition coefficient (Wildman–Crippen LogP) is 6.98. The molecule has 0 amide bonds. The molecule has 162 valence electrons. The van der Waals surface area contributed by atoms with Crippen molar-refractivity contribution in [3.63, 3.8) is 0 Å². The van der Waals surface area contributed by atoms with Gasteiger partial charge in [0.15, 0.2) is 5.75 Å². The summed E-state index contributed by atoms with van der Waals surface area (Å²) in [7, 11) is -3.97. The summed E-state index contributed by atoms with van der Waals surface area (Å²) in [5.74, 6) is -0.319. The predicted molar refractivity (Wildman–Crippen MR) is 134 cm³/mol. The molecule has 0 aliphatic carbocycles. The number of pyridine rings is 1. The number of hydrogen-bond acceptors (Lipinski definition) is 4. The molecule has 0 spiro atoms. The highest BCUT2D eigenvalue weighted by Gasteiger charge is 2.19. The van der Waals surface area contributed by atoms with Crippen molar-refractivity contribution in [3.8, 4) is 5.75 Å². The molecule has 0 radical (unpaired) electrons. The van der Waals surface area contributed by atoms with Gasteiger partial charge < -0.3 is 5.11 Å². The van der Waals surface area contributed by atoms with Crippen LogP contribution < -0.4 is 4.72 Å². The van der Waals surface area contributed by atoms with Crippen LogP contribution in [-0.2, 0) is 10.0 Å². The third kappa shape index (κ3) is 4.91. The van der Waals surface area contributed by atoms with Crippen LogP contribution in [0.5, 0.6) is 5.75 Å². The van der Waals surface area contributed by atoms with Crippen molar-refractivity contribution in [1.82, 2.24) is 4.98 Å². The van der Waals surface area contributed by atoms with E-state index in [1.807, 2.05) is 30.3 Å². The first kappa shape index (κ1) is 22.6. The van der Waals surface area contributed by atoms with E-state index >= 15 is 0 Å². The van der Waals surface area contributed by atoms with Crippen molar-refractivity contribution in [2.75, 3.05) is 4.72 Å². The number of halogens is 3. The van der Waals surface area contributed by atoms with E-state index in [0.29, 0.717) is 16.1 Å². The van der Waals surface area contributed by atoms with Gasteiger partial charge in [-0.3, -0.25) is 4.72 Å². The van der Waals surface area contributed by atoms with Gasteiger partial charge in [0, 0.05) is 14.9 Å². The van der Waals surface area contributed by atoms with Gasteiger partial charge in [0.25, 0.3) is 10.0 Å². The van der Waals surface area contributed by atoms with E-state index in [1.54, 1.807) is 18.2 Å². The van der Waals surface area contributed by atoms with E-state index in [4.69, 9.17) is 23.2 Å². The van der Waals surface area contributed by atoms with Crippen LogP contribution in [-0.4, -0.2) is 18.5 Å². The number of anilines is 1. The van der Waals surface area contributed by atoms with Crippen LogP contribution in [0.2, 0.25) is 10.0 Å². The Hall–Kier alpha value is -2.58. The van der Waals surface area contributed by atoms with E-state index in [9.17, 15) is 13.5 Å². The maximum Gasteiger partial charge on any atom is 0.262 e. The molecule has 0 saturated heterocycles. The minimum Gasteiger partial charge on any atom is -0.504 e. The number of nitrogens with zero attached hydrogens (tertiary/aromatic N) is 1. The zero-order chi connectivity index (χ0) is 22.9. The fraction of sp³-hybridized carbons (Fsp3) is 0. The number of sulfonamides is 1. The maximum atomic E-state index is 12.7. The van der Waals surface area contributed by atoms with E-state index in [-0.39, 0.29) is 26.9 Å². The molecule has 0 saturated carbocycles. The van der Waals surface area contributed by atoms with Gasteiger partial charge in [0.05, 0.1) is 21.3 Å². The van der Waals surface area contributed by atoms with Gasteiger partial charge in [0.2, 0.25) is 0 Å². The molecular formula is C23H15BrCl2N2O3S. The summed E-state index contributed by atoms with van der Waals surface area (Å²) in [6, 6.07) is 18.3. The Kier molecular flexibility index (Phi) is 6.44. The zero-order valence-corrected chi connectivity index (χ0v) is 20.2. The molecule has 0 fully saturated rings. The lowest BCUT2D eigenvalue weighted by Crippen LogP contribution is -2.13. The summed E-state index contributed by atoms with van der Waals surface area (Å²) in [4.78, 5) is 4.46. The monoisotopic (exact) mass is 548 g/mol. The number of fused-ring (bicyclic) bond motifs is 1. The lowest BCUT2D eigenvalue weighted by Gasteiger charge is -2.13. The molecule has 3 aromatic carbocycles. The van der Waals surface area contributed by atoms with Crippen molar-refractivity contribution in [2.24, 2.45) is 0 Å². The quantitative estimate of drug-likeness (QED) is 0.263. The largest absolute Gasteiger partial charge is 0.504 e. The van der Waals surface area contributed by atoms with Gasteiger partial charge in [-0.25, -0.2) is 13.4 Å². The van der Waals surface area contributed by atoms with Crippen molar-refractivity contribution in [2.45, 2.75) is 4.90 Å². The standard InChI is InChI=1S/C23H15BrCl2N2O3S/c24-15-4-1-14(2-5-15)3-8-17-9-12-19-20(26)13-21(23(29)22(19)27-17)28-32(30,31)18-10-6-16(25)7-11-18/h1-13,28-29H/b8-3+. The third-order valence-electron chi connectivity index (χ3n) is 4.61. The lowest BCUT2D eigenvalue weighted by atomic mass is 10.1. The third-order valence-corrected chi connectivity index (χ3v) is 7.08. The highest BCUT2D eigenvalue weighted by Crippen LogP contribution is 2.38. The Labute approximate surface area is 203 Å². The number of aromatic hydroxyl groups is 1. The van der Waals surface area contributed by atoms with Crippen LogP contribution in [0.25, 0.3) is 23.1 Å². The fourth-order valence-electron chi connectivity index (χ4n) is 2.99. The summed E-state index contributed by atoms with van der Waals surface area (Å²) in [5, 5.41) is 11.9. The second-order valence-corrected chi connectivity index (χ2v) is 10.3. The van der Waals surface area contributed by atoms with E-state index in [1.165, 1.54) is 30.3 Å². The van der Waals surface area contributed by atoms with Gasteiger partial charge in [0.1, 0.15) is 5.52 Å². The highest BCUT2D eigenvalue weighted by atomic mass is 79.9. The normalized spacial score (nSPS) is 11.8. The molecule has 0 bridgehead atoms. The Morgan fingerprint density at radius 3 is 2.31 bits per heavy atom. The Morgan fingerprint density at radius 2 is 1.62 bits per heavy atom. The lowest BCUT2D eigenvalue weighted by molar-refractivity contribution is 0.482. The molecule has 2 N–H and O–H groups in total. The number of nitrogens with one attached hydrogen (secondary N) is 1. The van der Waals surface area contributed by atoms with Gasteiger partial charge in [-0.2, -0.15) is 0 Å². The first-order valence-electron chi connectivity index (χ1n) is 9.27. The second kappa shape index (κ2) is 9.11. The molecule has 1 aromatic heterocycles. The van der Waals surface area contributed by atoms with Gasteiger partial charge in [-0.1, -0.05) is 57.3 Å². The van der Waals surface area contributed by atoms with Crippen molar-refractivity contribution >= 4 is 77.9 Å². The fourth-order valence-corrected chi connectivity index (χ4v) is 4.70. The summed E-state index contributed by atoms with van der Waals surface area (Å²) in [6.45, 7) is 0. The van der Waals surface area contributed by atoms with Crippen LogP contribution in [0, 0.1) is 0 Å². The van der Waals surface area contributed by atoms with Crippen molar-refractivity contribution in [1.29, 1.82) is 0 Å². The zero-order valence-electron chi connectivity index (χ0n) is 16.3. The highest BCUT2D eigenvalue weighted by molar-refractivity contribution is 9.10. The summed E-state index contributed by atoms with van der Waals surface area (Å²) in [5.41, 5.74) is 1.66. The van der Waals surface area contributed by atoms with Crippen LogP contribution >= 0.6 is 39.1 Å². The molecule has 0 atom stereocenters. The number of phenolic OH excluding ortho intramolecular Hbond substituents is 1. The molecule has 32 heavy (non-hydrogen) atoms. The summed E-state index contributed by atoms with van der Waals surface area (Å²) in [6.07, 6.45) is 3.67. The number of aromatic nitrogens is 1. The molecule has 0 unspecified atom stereocenters. The molecule has 0 aliphatic heterocycles. The maximum absolute atomic E-state index is 12.7. The van der Waals surface area contributed by atoms with E-state index in [0.717, 1.165) is 10.0 Å². The number of phenols is 1. The minimum absolute atomic E-state index is 0.00309. The average Bonchev–Trinajstić information content (AvgIpc) is 2.77. The molecule has 1 heterocycles. The molecule has 4 rings (SSSR count). The Morgan fingerprint density at radius 1 is 0.938 bits per heavy atom. The van der Waals surface area contributed by atoms with Crippen LogP contribution in [0.3, 0.4) is 0 Å². The molecule has 4 aromatic rings. The molecule has 0 aliphatic rings. The first-order valence-corrected chi connectivity index (χ1v) is 12.3. The van der Waals surface area contributed by atoms with Crippen molar-refractivity contribution < 1.29 is 13.5 Å². The smallest absolute Gasteiger partial charge is 0.262 e. The molecule has 5 nitrogen and oxygen atoms in total. The summed E-state index contributed by atoms with van der Waals surface area (Å²) < 4.78 is 28.8. The van der Waals surface area contributed by atoms with Gasteiger partial charge >= 0.3 is 0 Å². The average molecular weight is 550 g/mol. The number of rotatable bonds is 5. The van der Waals surface area contributed by atoms with Gasteiger partial charge in [-0.05, 0) is 66.2 Å². The minimum atomic E-state index is -3.97. The molecular weight excluding hydrogens is 535 g/mol. The van der Waals surface area contributed by atoms with Crippen molar-refractivity contribution in [3.05, 3.63) is 92.5 Å². The molecule has 9 heteroatoms. The topological polar surface area (TPSA) is 79.3 Å². The van der Waals surface area contributed by atoms with Crippen LogP contribution in [0.1, 0.15) is 11.3 Å². The Bertz CT molecular complexity index is 1440. The summed E-state index contributed by atoms with van der Waals surface area (Å²) >= 11 is 15.6. The number of hydrogen-bond donors (Lipinski definition) is 2. The second-order valence-electron chi connectivity index (χ2n) is 6.83. The van der Waals surface area contributed by atoms with Crippen LogP contribution in [0.15, 0.2) is 76.1 Å². The first-order chi connectivity index (χ1) is 15.2. The number of benzene rings is 3. The Balaban J connectivity index is 1.71.